The first-order chi connectivity index (χ1) is 4.93. The minimum Gasteiger partial charge on any atom is -0.328 e. The van der Waals surface area contributed by atoms with Gasteiger partial charge < -0.3 is 5.32 Å². The van der Waals surface area contributed by atoms with Crippen molar-refractivity contribution in [2.45, 2.75) is 0 Å². The topological polar surface area (TPSA) is 104 Å². The molecule has 7 nitrogen and oxygen atoms in total. The van der Waals surface area contributed by atoms with Gasteiger partial charge in [-0.2, -0.15) is 8.42 Å². The number of hydrogen-bond acceptors (Lipinski definition) is 4. The van der Waals surface area contributed by atoms with Crippen LogP contribution in [0.1, 0.15) is 0 Å². The first-order valence-electron chi connectivity index (χ1n) is 2.51. The Balaban J connectivity index is 3.05. The zero-order chi connectivity index (χ0) is 8.65. The minimum absolute atomic E-state index is 0.229. The minimum atomic E-state index is -4.73. The molecule has 1 aliphatic heterocycles. The molecule has 0 aromatic rings. The summed E-state index contributed by atoms with van der Waals surface area (Å²) in [5.41, 5.74) is 0. The van der Waals surface area contributed by atoms with Gasteiger partial charge >= 0.3 is 16.3 Å². The van der Waals surface area contributed by atoms with E-state index in [4.69, 9.17) is 4.55 Å². The molecule has 1 heterocycles. The normalized spacial score (nSPS) is 18.8. The smallest absolute Gasteiger partial charge is 0.328 e. The quantitative estimate of drug-likeness (QED) is 0.371. The van der Waals surface area contributed by atoms with Crippen molar-refractivity contribution in [3.05, 3.63) is 0 Å². The van der Waals surface area contributed by atoms with Crippen LogP contribution in [0.4, 0.5) is 4.79 Å². The van der Waals surface area contributed by atoms with Crippen molar-refractivity contribution in [1.29, 1.82) is 0 Å². The number of nitrogens with one attached hydrogen (secondary N) is 1. The fraction of sp³-hybridized carbons (Fsp3) is 0.333. The zero-order valence-electron chi connectivity index (χ0n) is 5.14. The number of hydrogen-bond donors (Lipinski definition) is 2. The van der Waals surface area contributed by atoms with Gasteiger partial charge in [-0.05, 0) is 0 Å². The molecule has 1 fully saturated rings. The van der Waals surface area contributed by atoms with E-state index in [1.54, 1.807) is 0 Å². The molecule has 11 heavy (non-hydrogen) atoms. The third-order valence-corrected chi connectivity index (χ3v) is 1.86. The van der Waals surface area contributed by atoms with E-state index >= 15 is 0 Å². The van der Waals surface area contributed by atoms with Crippen LogP contribution in [0.25, 0.3) is 0 Å². The van der Waals surface area contributed by atoms with Crippen molar-refractivity contribution in [3.8, 4) is 0 Å². The molecule has 1 rings (SSSR count). The highest BCUT2D eigenvalue weighted by Gasteiger charge is 2.37. The molecule has 1 saturated heterocycles. The molecule has 0 aliphatic carbocycles. The van der Waals surface area contributed by atoms with Gasteiger partial charge in [0.25, 0.3) is 5.91 Å². The van der Waals surface area contributed by atoms with Crippen molar-refractivity contribution in [3.63, 3.8) is 0 Å². The molecule has 0 radical (unpaired) electrons. The van der Waals surface area contributed by atoms with E-state index in [0.717, 1.165) is 0 Å². The Morgan fingerprint density at radius 2 is 2.00 bits per heavy atom. The number of carbonyl (C=O) groups excluding carboxylic acids is 2. The van der Waals surface area contributed by atoms with Gasteiger partial charge in [0, 0.05) is 0 Å². The van der Waals surface area contributed by atoms with Gasteiger partial charge in [-0.1, -0.05) is 0 Å². The van der Waals surface area contributed by atoms with Gasteiger partial charge in [-0.3, -0.25) is 9.35 Å². The molecule has 2 N–H and O–H groups in total. The standard InChI is InChI=1S/C3H4N2O5S/c6-2-1-4-3(7)5(2)11(8,9)10/h1H2,(H,4,7)(H,8,9,10). The molecule has 0 bridgehead atoms. The predicted octanol–water partition coefficient (Wildman–Crippen LogP) is -1.66. The van der Waals surface area contributed by atoms with Gasteiger partial charge in [0.15, 0.2) is 0 Å². The highest BCUT2D eigenvalue weighted by atomic mass is 32.2. The number of rotatable bonds is 1. The summed E-state index contributed by atoms with van der Waals surface area (Å²) in [4.78, 5) is 21.0. The maximum Gasteiger partial charge on any atom is 0.370 e. The Bertz CT molecular complexity index is 290. The molecule has 0 aromatic carbocycles. The molecule has 0 atom stereocenters. The molecule has 0 saturated carbocycles. The highest BCUT2D eigenvalue weighted by molar-refractivity contribution is 7.84. The molecule has 62 valence electrons. The van der Waals surface area contributed by atoms with Crippen LogP contribution in [0.2, 0.25) is 0 Å². The molecule has 3 amide bonds. The SMILES string of the molecule is O=C1CNC(=O)N1S(=O)(=O)O. The lowest BCUT2D eigenvalue weighted by Crippen LogP contribution is -2.36. The van der Waals surface area contributed by atoms with Crippen molar-refractivity contribution in [2.24, 2.45) is 0 Å². The van der Waals surface area contributed by atoms with Crippen molar-refractivity contribution < 1.29 is 22.6 Å². The van der Waals surface area contributed by atoms with E-state index in [1.807, 2.05) is 5.32 Å². The van der Waals surface area contributed by atoms with E-state index in [1.165, 1.54) is 0 Å². The van der Waals surface area contributed by atoms with Crippen LogP contribution in [0.3, 0.4) is 0 Å². The van der Waals surface area contributed by atoms with E-state index in [9.17, 15) is 18.0 Å². The maximum absolute atomic E-state index is 10.5. The lowest BCUT2D eigenvalue weighted by atomic mass is 10.7. The van der Waals surface area contributed by atoms with Gasteiger partial charge in [-0.15, -0.1) is 4.31 Å². The lowest BCUT2D eigenvalue weighted by Gasteiger charge is -2.05. The van der Waals surface area contributed by atoms with Crippen LogP contribution < -0.4 is 5.32 Å². The second-order valence-electron chi connectivity index (χ2n) is 1.79. The largest absolute Gasteiger partial charge is 0.370 e. The molecule has 1 aliphatic rings. The molecule has 0 spiro atoms. The summed E-state index contributed by atoms with van der Waals surface area (Å²) in [6, 6.07) is -1.13. The predicted molar refractivity (Wildman–Crippen MR) is 31.8 cm³/mol. The second kappa shape index (κ2) is 2.17. The number of amides is 3. The Hall–Kier alpha value is -1.15. The number of imide groups is 1. The Kier molecular flexibility index (Phi) is 1.57. The fourth-order valence-corrected chi connectivity index (χ4v) is 1.24. The zero-order valence-corrected chi connectivity index (χ0v) is 5.96. The number of nitrogens with zero attached hydrogens (tertiary/aromatic N) is 1. The first-order valence-corrected chi connectivity index (χ1v) is 3.91. The van der Waals surface area contributed by atoms with E-state index in [2.05, 4.69) is 0 Å². The summed E-state index contributed by atoms with van der Waals surface area (Å²) in [5, 5.41) is 1.92. The Morgan fingerprint density at radius 1 is 1.45 bits per heavy atom. The van der Waals surface area contributed by atoms with Crippen molar-refractivity contribution >= 4 is 22.2 Å². The lowest BCUT2D eigenvalue weighted by molar-refractivity contribution is -0.121. The van der Waals surface area contributed by atoms with Gasteiger partial charge in [-0.25, -0.2) is 4.79 Å². The summed E-state index contributed by atoms with van der Waals surface area (Å²) in [6.45, 7) is -0.404. The first kappa shape index (κ1) is 7.95. The number of urea groups is 1. The third-order valence-electron chi connectivity index (χ3n) is 1.03. The maximum atomic E-state index is 10.5. The molecule has 0 unspecified atom stereocenters. The molecule has 8 heteroatoms. The highest BCUT2D eigenvalue weighted by Crippen LogP contribution is 2.03. The van der Waals surface area contributed by atoms with Crippen molar-refractivity contribution in [2.75, 3.05) is 6.54 Å². The van der Waals surface area contributed by atoms with Gasteiger partial charge in [0.1, 0.15) is 6.54 Å². The summed E-state index contributed by atoms with van der Waals surface area (Å²) in [6.07, 6.45) is 0. The van der Waals surface area contributed by atoms with E-state index < -0.39 is 28.8 Å². The Morgan fingerprint density at radius 3 is 2.18 bits per heavy atom. The van der Waals surface area contributed by atoms with Crippen LogP contribution in [-0.2, 0) is 15.1 Å². The van der Waals surface area contributed by atoms with Crippen LogP contribution in [0, 0.1) is 0 Å². The monoisotopic (exact) mass is 180 g/mol. The fourth-order valence-electron chi connectivity index (χ4n) is 0.642. The second-order valence-corrected chi connectivity index (χ2v) is 3.06. The van der Waals surface area contributed by atoms with Crippen LogP contribution in [0.15, 0.2) is 0 Å². The summed E-state index contributed by atoms with van der Waals surface area (Å²) in [5.74, 6) is -0.988. The summed E-state index contributed by atoms with van der Waals surface area (Å²) < 4.78 is 28.6. The van der Waals surface area contributed by atoms with Crippen molar-refractivity contribution in [1.82, 2.24) is 9.62 Å². The Labute approximate surface area is 61.9 Å². The number of carbonyl (C=O) groups is 2. The summed E-state index contributed by atoms with van der Waals surface area (Å²) >= 11 is 0. The van der Waals surface area contributed by atoms with Crippen LogP contribution in [0.5, 0.6) is 0 Å². The average molecular weight is 180 g/mol. The summed E-state index contributed by atoms with van der Waals surface area (Å²) in [7, 11) is -4.73. The van der Waals surface area contributed by atoms with Crippen LogP contribution in [-0.4, -0.2) is 35.8 Å². The van der Waals surface area contributed by atoms with Gasteiger partial charge in [0.05, 0.1) is 0 Å². The third kappa shape index (κ3) is 1.30. The van der Waals surface area contributed by atoms with Crippen LogP contribution >= 0.6 is 0 Å². The molecule has 0 aromatic heterocycles. The molecular formula is C3H4N2O5S. The average Bonchev–Trinajstić information content (AvgIpc) is 2.08. The van der Waals surface area contributed by atoms with E-state index in [-0.39, 0.29) is 4.31 Å². The van der Waals surface area contributed by atoms with Gasteiger partial charge in [0.2, 0.25) is 0 Å². The van der Waals surface area contributed by atoms with E-state index in [0.29, 0.717) is 0 Å². The molecular weight excluding hydrogens is 176 g/mol.